The van der Waals surface area contributed by atoms with E-state index in [4.69, 9.17) is 5.73 Å². The van der Waals surface area contributed by atoms with Gasteiger partial charge in [-0.3, -0.25) is 9.69 Å². The van der Waals surface area contributed by atoms with Gasteiger partial charge in [-0.25, -0.2) is 0 Å². The van der Waals surface area contributed by atoms with Crippen molar-refractivity contribution in [3.8, 4) is 0 Å². The quantitative estimate of drug-likeness (QED) is 0.797. The first kappa shape index (κ1) is 15.4. The van der Waals surface area contributed by atoms with Gasteiger partial charge in [-0.15, -0.1) is 0 Å². The van der Waals surface area contributed by atoms with Gasteiger partial charge in [-0.1, -0.05) is 20.8 Å². The predicted molar refractivity (Wildman–Crippen MR) is 75.3 cm³/mol. The van der Waals surface area contributed by atoms with Gasteiger partial charge in [0.2, 0.25) is 5.91 Å². The molecule has 4 nitrogen and oxygen atoms in total. The van der Waals surface area contributed by atoms with Crippen molar-refractivity contribution >= 4 is 5.91 Å². The molecule has 18 heavy (non-hydrogen) atoms. The molecule has 0 aromatic carbocycles. The highest BCUT2D eigenvalue weighted by Crippen LogP contribution is 2.30. The fraction of sp³-hybridized carbons (Fsp3) is 0.929. The maximum Gasteiger partial charge on any atom is 0.224 e. The van der Waals surface area contributed by atoms with Crippen molar-refractivity contribution in [2.75, 3.05) is 20.1 Å². The first-order valence-electron chi connectivity index (χ1n) is 6.98. The Hall–Kier alpha value is -0.610. The summed E-state index contributed by atoms with van der Waals surface area (Å²) in [6, 6.07) is 0.443. The Morgan fingerprint density at radius 2 is 2.06 bits per heavy atom. The van der Waals surface area contributed by atoms with Crippen molar-refractivity contribution in [2.24, 2.45) is 17.1 Å². The van der Waals surface area contributed by atoms with Gasteiger partial charge >= 0.3 is 0 Å². The number of carbonyl (C=O) groups excluding carboxylic acids is 1. The van der Waals surface area contributed by atoms with Gasteiger partial charge in [0.25, 0.3) is 0 Å². The summed E-state index contributed by atoms with van der Waals surface area (Å²) in [6.45, 7) is 10.6. The van der Waals surface area contributed by atoms with Gasteiger partial charge in [0.1, 0.15) is 0 Å². The summed E-state index contributed by atoms with van der Waals surface area (Å²) in [6.07, 6.45) is 2.07. The van der Waals surface area contributed by atoms with Crippen LogP contribution in [-0.4, -0.2) is 43.0 Å². The average molecular weight is 255 g/mol. The molecule has 106 valence electrons. The SMILES string of the molecule is CNC(=O)C1CCCN(C(C(C)N)C(C)(C)C)C1. The number of hydrogen-bond acceptors (Lipinski definition) is 3. The molecule has 1 saturated heterocycles. The van der Waals surface area contributed by atoms with E-state index in [9.17, 15) is 4.79 Å². The molecule has 3 atom stereocenters. The van der Waals surface area contributed by atoms with E-state index in [1.165, 1.54) is 0 Å². The molecule has 1 aliphatic rings. The molecule has 0 aromatic heterocycles. The van der Waals surface area contributed by atoms with Gasteiger partial charge in [-0.05, 0) is 31.7 Å². The third-order valence-electron chi connectivity index (χ3n) is 3.85. The average Bonchev–Trinajstić information content (AvgIpc) is 2.26. The fourth-order valence-electron chi connectivity index (χ4n) is 3.35. The van der Waals surface area contributed by atoms with Crippen molar-refractivity contribution < 1.29 is 4.79 Å². The summed E-state index contributed by atoms with van der Waals surface area (Å²) >= 11 is 0. The van der Waals surface area contributed by atoms with Crippen LogP contribution in [0, 0.1) is 11.3 Å². The minimum Gasteiger partial charge on any atom is -0.359 e. The zero-order valence-corrected chi connectivity index (χ0v) is 12.5. The zero-order chi connectivity index (χ0) is 13.9. The van der Waals surface area contributed by atoms with E-state index in [1.807, 2.05) is 0 Å². The molecule has 1 rings (SSSR count). The lowest BCUT2D eigenvalue weighted by Crippen LogP contribution is -2.57. The number of nitrogens with zero attached hydrogens (tertiary/aromatic N) is 1. The molecular weight excluding hydrogens is 226 g/mol. The van der Waals surface area contributed by atoms with Gasteiger partial charge in [0, 0.05) is 25.7 Å². The molecular formula is C14H29N3O. The molecule has 3 unspecified atom stereocenters. The smallest absolute Gasteiger partial charge is 0.224 e. The second kappa shape index (κ2) is 6.02. The Kier molecular flexibility index (Phi) is 5.17. The number of nitrogens with two attached hydrogens (primary N) is 1. The molecule has 4 heteroatoms. The van der Waals surface area contributed by atoms with Crippen LogP contribution in [0.25, 0.3) is 0 Å². The summed E-state index contributed by atoms with van der Waals surface area (Å²) in [5.74, 6) is 0.282. The Morgan fingerprint density at radius 1 is 1.44 bits per heavy atom. The molecule has 1 heterocycles. The van der Waals surface area contributed by atoms with E-state index in [2.05, 4.69) is 37.9 Å². The van der Waals surface area contributed by atoms with Crippen molar-refractivity contribution in [2.45, 2.75) is 52.6 Å². The normalized spacial score (nSPS) is 25.6. The lowest BCUT2D eigenvalue weighted by Gasteiger charge is -2.45. The highest BCUT2D eigenvalue weighted by Gasteiger charge is 2.37. The van der Waals surface area contributed by atoms with Gasteiger partial charge in [-0.2, -0.15) is 0 Å². The number of carbonyl (C=O) groups is 1. The Labute approximate surface area is 111 Å². The van der Waals surface area contributed by atoms with E-state index >= 15 is 0 Å². The van der Waals surface area contributed by atoms with Crippen LogP contribution in [-0.2, 0) is 4.79 Å². The summed E-state index contributed by atoms with van der Waals surface area (Å²) in [4.78, 5) is 14.2. The molecule has 0 saturated carbocycles. The lowest BCUT2D eigenvalue weighted by atomic mass is 9.80. The fourth-order valence-corrected chi connectivity index (χ4v) is 3.35. The van der Waals surface area contributed by atoms with Crippen LogP contribution in [0.1, 0.15) is 40.5 Å². The number of rotatable bonds is 3. The largest absolute Gasteiger partial charge is 0.359 e. The molecule has 1 aliphatic heterocycles. The second-order valence-electron chi connectivity index (χ2n) is 6.62. The molecule has 1 fully saturated rings. The predicted octanol–water partition coefficient (Wildman–Crippen LogP) is 1.21. The van der Waals surface area contributed by atoms with E-state index < -0.39 is 0 Å². The van der Waals surface area contributed by atoms with Gasteiger partial charge < -0.3 is 11.1 Å². The topological polar surface area (TPSA) is 58.4 Å². The van der Waals surface area contributed by atoms with Crippen LogP contribution in [0.2, 0.25) is 0 Å². The molecule has 3 N–H and O–H groups in total. The van der Waals surface area contributed by atoms with Crippen LogP contribution < -0.4 is 11.1 Å². The monoisotopic (exact) mass is 255 g/mol. The van der Waals surface area contributed by atoms with Crippen LogP contribution in [0.4, 0.5) is 0 Å². The first-order chi connectivity index (χ1) is 8.27. The van der Waals surface area contributed by atoms with E-state index in [0.717, 1.165) is 25.9 Å². The van der Waals surface area contributed by atoms with Crippen LogP contribution in [0.15, 0.2) is 0 Å². The summed E-state index contributed by atoms with van der Waals surface area (Å²) in [5.41, 5.74) is 6.30. The summed E-state index contributed by atoms with van der Waals surface area (Å²) < 4.78 is 0. The van der Waals surface area contributed by atoms with E-state index in [0.29, 0.717) is 6.04 Å². The van der Waals surface area contributed by atoms with Crippen molar-refractivity contribution in [3.05, 3.63) is 0 Å². The Balaban J connectivity index is 2.77. The van der Waals surface area contributed by atoms with Crippen molar-refractivity contribution in [1.82, 2.24) is 10.2 Å². The summed E-state index contributed by atoms with van der Waals surface area (Å²) in [7, 11) is 1.72. The first-order valence-corrected chi connectivity index (χ1v) is 6.98. The minimum atomic E-state index is 0.118. The number of piperidine rings is 1. The Bertz CT molecular complexity index is 283. The van der Waals surface area contributed by atoms with Crippen molar-refractivity contribution in [3.63, 3.8) is 0 Å². The Morgan fingerprint density at radius 3 is 2.50 bits per heavy atom. The number of likely N-dealkylation sites (tertiary alicyclic amines) is 1. The molecule has 0 aliphatic carbocycles. The molecule has 0 radical (unpaired) electrons. The van der Waals surface area contributed by atoms with Crippen LogP contribution in [0.5, 0.6) is 0 Å². The molecule has 1 amide bonds. The number of amides is 1. The van der Waals surface area contributed by atoms with E-state index in [-0.39, 0.29) is 23.3 Å². The van der Waals surface area contributed by atoms with Gasteiger partial charge in [0.05, 0.1) is 5.92 Å². The maximum atomic E-state index is 11.8. The summed E-state index contributed by atoms with van der Waals surface area (Å²) in [5, 5.41) is 2.77. The van der Waals surface area contributed by atoms with E-state index in [1.54, 1.807) is 7.05 Å². The maximum absolute atomic E-state index is 11.8. The minimum absolute atomic E-state index is 0.118. The second-order valence-corrected chi connectivity index (χ2v) is 6.62. The van der Waals surface area contributed by atoms with Crippen LogP contribution in [0.3, 0.4) is 0 Å². The third-order valence-corrected chi connectivity index (χ3v) is 3.85. The number of nitrogens with one attached hydrogen (secondary N) is 1. The molecule has 0 aromatic rings. The highest BCUT2D eigenvalue weighted by atomic mass is 16.1. The number of hydrogen-bond donors (Lipinski definition) is 2. The zero-order valence-electron chi connectivity index (χ0n) is 12.5. The standard InChI is InChI=1S/C14H29N3O/c1-10(15)12(14(2,3)4)17-8-6-7-11(9-17)13(18)16-5/h10-12H,6-9,15H2,1-5H3,(H,16,18). The van der Waals surface area contributed by atoms with Crippen LogP contribution >= 0.6 is 0 Å². The lowest BCUT2D eigenvalue weighted by molar-refractivity contribution is -0.127. The third kappa shape index (κ3) is 3.69. The molecule has 0 spiro atoms. The molecule has 0 bridgehead atoms. The van der Waals surface area contributed by atoms with Crippen molar-refractivity contribution in [1.29, 1.82) is 0 Å². The highest BCUT2D eigenvalue weighted by molar-refractivity contribution is 5.78. The van der Waals surface area contributed by atoms with Gasteiger partial charge in [0.15, 0.2) is 0 Å².